The molecule has 1 aromatic carbocycles. The number of rotatable bonds is 6. The fraction of sp³-hybridized carbons (Fsp3) is 0.600. The van der Waals surface area contributed by atoms with Crippen molar-refractivity contribution in [2.75, 3.05) is 20.7 Å². The van der Waals surface area contributed by atoms with E-state index in [1.165, 1.54) is 0 Å². The van der Waals surface area contributed by atoms with Crippen molar-refractivity contribution in [3.63, 3.8) is 0 Å². The highest BCUT2D eigenvalue weighted by Crippen LogP contribution is 2.33. The van der Waals surface area contributed by atoms with Gasteiger partial charge in [-0.3, -0.25) is 0 Å². The molecule has 3 nitrogen and oxygen atoms in total. The van der Waals surface area contributed by atoms with Crippen molar-refractivity contribution in [3.8, 4) is 5.75 Å². The van der Waals surface area contributed by atoms with Gasteiger partial charge in [-0.2, -0.15) is 0 Å². The Hall–Kier alpha value is -1.06. The fourth-order valence-electron chi connectivity index (χ4n) is 2.05. The second-order valence-electron chi connectivity index (χ2n) is 5.01. The smallest absolute Gasteiger partial charge is 0.119 e. The maximum absolute atomic E-state index is 10.6. The highest BCUT2D eigenvalue weighted by atomic mass is 16.5. The molecular formula is C15H25NO2. The molecule has 1 aromatic rings. The van der Waals surface area contributed by atoms with E-state index in [1.807, 2.05) is 45.3 Å². The predicted octanol–water partition coefficient (Wildman–Crippen LogP) is 2.85. The lowest BCUT2D eigenvalue weighted by atomic mass is 9.86. The minimum absolute atomic E-state index is 0.273. The van der Waals surface area contributed by atoms with Gasteiger partial charge >= 0.3 is 0 Å². The van der Waals surface area contributed by atoms with Crippen molar-refractivity contribution < 1.29 is 9.84 Å². The molecule has 0 aliphatic rings. The Morgan fingerprint density at radius 1 is 1.33 bits per heavy atom. The van der Waals surface area contributed by atoms with E-state index in [1.54, 1.807) is 0 Å². The minimum Gasteiger partial charge on any atom is -0.494 e. The second-order valence-corrected chi connectivity index (χ2v) is 5.01. The Morgan fingerprint density at radius 3 is 2.50 bits per heavy atom. The van der Waals surface area contributed by atoms with Gasteiger partial charge in [-0.15, -0.1) is 0 Å². The first-order valence-corrected chi connectivity index (χ1v) is 6.54. The summed E-state index contributed by atoms with van der Waals surface area (Å²) >= 11 is 0. The lowest BCUT2D eigenvalue weighted by molar-refractivity contribution is 0.000746. The Bertz CT molecular complexity index is 379. The second kappa shape index (κ2) is 6.21. The molecule has 0 spiro atoms. The van der Waals surface area contributed by atoms with E-state index in [-0.39, 0.29) is 5.54 Å². The summed E-state index contributed by atoms with van der Waals surface area (Å²) in [4.78, 5) is 2.07. The molecule has 102 valence electrons. The van der Waals surface area contributed by atoms with E-state index in [4.69, 9.17) is 4.74 Å². The Balaban J connectivity index is 3.01. The largest absolute Gasteiger partial charge is 0.494 e. The standard InChI is InChI=1S/C15H25NO2/c1-6-15(3,16(4)5)14(17)12-9-8-10-13(11-12)18-7-2/h8-11,14,17H,6-7H2,1-5H3. The van der Waals surface area contributed by atoms with Gasteiger partial charge in [-0.1, -0.05) is 19.1 Å². The van der Waals surface area contributed by atoms with Crippen LogP contribution in [0.5, 0.6) is 5.75 Å². The van der Waals surface area contributed by atoms with Crippen LogP contribution in [0.2, 0.25) is 0 Å². The fourth-order valence-corrected chi connectivity index (χ4v) is 2.05. The Kier molecular flexibility index (Phi) is 5.17. The van der Waals surface area contributed by atoms with Crippen molar-refractivity contribution in [3.05, 3.63) is 29.8 Å². The van der Waals surface area contributed by atoms with Crippen molar-refractivity contribution >= 4 is 0 Å². The summed E-state index contributed by atoms with van der Waals surface area (Å²) < 4.78 is 5.48. The number of benzene rings is 1. The lowest BCUT2D eigenvalue weighted by Crippen LogP contribution is -2.46. The molecule has 0 heterocycles. The molecule has 0 aliphatic heterocycles. The van der Waals surface area contributed by atoms with Crippen LogP contribution in [0.25, 0.3) is 0 Å². The van der Waals surface area contributed by atoms with E-state index in [0.29, 0.717) is 6.61 Å². The van der Waals surface area contributed by atoms with Crippen molar-refractivity contribution in [1.29, 1.82) is 0 Å². The normalized spacial score (nSPS) is 16.4. The Labute approximate surface area is 110 Å². The summed E-state index contributed by atoms with van der Waals surface area (Å²) in [6, 6.07) is 7.71. The third-order valence-corrected chi connectivity index (χ3v) is 3.81. The number of aliphatic hydroxyl groups excluding tert-OH is 1. The van der Waals surface area contributed by atoms with Gasteiger partial charge in [0.2, 0.25) is 0 Å². The summed E-state index contributed by atoms with van der Waals surface area (Å²) in [5, 5.41) is 10.6. The summed E-state index contributed by atoms with van der Waals surface area (Å²) in [6.07, 6.45) is 0.345. The molecule has 0 aliphatic carbocycles. The van der Waals surface area contributed by atoms with Gasteiger partial charge in [0.1, 0.15) is 5.75 Å². The van der Waals surface area contributed by atoms with Crippen LogP contribution in [-0.2, 0) is 0 Å². The maximum Gasteiger partial charge on any atom is 0.119 e. The van der Waals surface area contributed by atoms with Crippen LogP contribution < -0.4 is 4.74 Å². The van der Waals surface area contributed by atoms with Gasteiger partial charge < -0.3 is 14.7 Å². The van der Waals surface area contributed by atoms with Crippen LogP contribution in [0, 0.1) is 0 Å². The van der Waals surface area contributed by atoms with Crippen LogP contribution in [0.15, 0.2) is 24.3 Å². The van der Waals surface area contributed by atoms with Gasteiger partial charge in [0, 0.05) is 5.54 Å². The summed E-state index contributed by atoms with van der Waals surface area (Å²) in [7, 11) is 4.00. The minimum atomic E-state index is -0.530. The quantitative estimate of drug-likeness (QED) is 0.844. The molecule has 0 bridgehead atoms. The van der Waals surface area contributed by atoms with E-state index in [0.717, 1.165) is 17.7 Å². The molecule has 3 heteroatoms. The first kappa shape index (κ1) is 15.0. The van der Waals surface area contributed by atoms with E-state index >= 15 is 0 Å². The molecular weight excluding hydrogens is 226 g/mol. The first-order valence-electron chi connectivity index (χ1n) is 6.54. The van der Waals surface area contributed by atoms with E-state index in [9.17, 15) is 5.11 Å². The van der Waals surface area contributed by atoms with Crippen LogP contribution in [0.3, 0.4) is 0 Å². The van der Waals surface area contributed by atoms with Crippen LogP contribution in [0.1, 0.15) is 38.9 Å². The number of likely N-dealkylation sites (N-methyl/N-ethyl adjacent to an activating group) is 1. The van der Waals surface area contributed by atoms with E-state index in [2.05, 4.69) is 18.7 Å². The number of hydrogen-bond donors (Lipinski definition) is 1. The molecule has 1 rings (SSSR count). The topological polar surface area (TPSA) is 32.7 Å². The lowest BCUT2D eigenvalue weighted by Gasteiger charge is -2.40. The molecule has 0 saturated carbocycles. The number of ether oxygens (including phenoxy) is 1. The van der Waals surface area contributed by atoms with Crippen molar-refractivity contribution in [1.82, 2.24) is 4.90 Å². The van der Waals surface area contributed by atoms with Crippen LogP contribution >= 0.6 is 0 Å². The van der Waals surface area contributed by atoms with Crippen LogP contribution in [0.4, 0.5) is 0 Å². The molecule has 0 saturated heterocycles. The SMILES string of the molecule is CCOc1cccc(C(O)C(C)(CC)N(C)C)c1. The first-order chi connectivity index (χ1) is 8.45. The highest BCUT2D eigenvalue weighted by Gasteiger charge is 2.34. The van der Waals surface area contributed by atoms with Crippen molar-refractivity contribution in [2.24, 2.45) is 0 Å². The van der Waals surface area contributed by atoms with E-state index < -0.39 is 6.10 Å². The summed E-state index contributed by atoms with van der Waals surface area (Å²) in [5.74, 6) is 0.811. The molecule has 18 heavy (non-hydrogen) atoms. The van der Waals surface area contributed by atoms with Gasteiger partial charge in [0.25, 0.3) is 0 Å². The molecule has 0 amide bonds. The molecule has 0 aromatic heterocycles. The molecule has 2 unspecified atom stereocenters. The highest BCUT2D eigenvalue weighted by molar-refractivity contribution is 5.31. The van der Waals surface area contributed by atoms with Gasteiger partial charge in [-0.05, 0) is 52.1 Å². The predicted molar refractivity (Wildman–Crippen MR) is 75.0 cm³/mol. The number of nitrogens with zero attached hydrogens (tertiary/aromatic N) is 1. The molecule has 2 atom stereocenters. The van der Waals surface area contributed by atoms with Gasteiger partial charge in [0.15, 0.2) is 0 Å². The van der Waals surface area contributed by atoms with Crippen molar-refractivity contribution in [2.45, 2.75) is 38.8 Å². The summed E-state index contributed by atoms with van der Waals surface area (Å²) in [6.45, 7) is 6.76. The zero-order valence-corrected chi connectivity index (χ0v) is 12.1. The average molecular weight is 251 g/mol. The Morgan fingerprint density at radius 2 is 2.00 bits per heavy atom. The summed E-state index contributed by atoms with van der Waals surface area (Å²) in [5.41, 5.74) is 0.629. The molecule has 0 radical (unpaired) electrons. The monoisotopic (exact) mass is 251 g/mol. The number of aliphatic hydroxyl groups is 1. The third kappa shape index (κ3) is 3.03. The zero-order valence-electron chi connectivity index (χ0n) is 12.1. The maximum atomic E-state index is 10.6. The van der Waals surface area contributed by atoms with Gasteiger partial charge in [0.05, 0.1) is 12.7 Å². The zero-order chi connectivity index (χ0) is 13.8. The van der Waals surface area contributed by atoms with Gasteiger partial charge in [-0.25, -0.2) is 0 Å². The van der Waals surface area contributed by atoms with Crippen LogP contribution in [-0.4, -0.2) is 36.2 Å². The molecule has 1 N–H and O–H groups in total. The third-order valence-electron chi connectivity index (χ3n) is 3.81. The molecule has 0 fully saturated rings. The average Bonchev–Trinajstić information content (AvgIpc) is 2.37. The number of hydrogen-bond acceptors (Lipinski definition) is 3.